The zero-order valence-electron chi connectivity index (χ0n) is 11.2. The fourth-order valence-electron chi connectivity index (χ4n) is 2.14. The Labute approximate surface area is 117 Å². The van der Waals surface area contributed by atoms with Gasteiger partial charge in [-0.3, -0.25) is 4.68 Å². The van der Waals surface area contributed by atoms with Gasteiger partial charge in [0.2, 0.25) is 0 Å². The van der Waals surface area contributed by atoms with Gasteiger partial charge in [0.1, 0.15) is 10.9 Å². The molecule has 0 aliphatic heterocycles. The molecule has 1 aromatic heterocycles. The maximum Gasteiger partial charge on any atom is 0.130 e. The first-order chi connectivity index (χ1) is 8.81. The number of nitrogens with zero attached hydrogens (tertiary/aromatic N) is 2. The molecule has 2 aromatic rings. The molecule has 2 N–H and O–H groups in total. The molecule has 2 rings (SSSR count). The van der Waals surface area contributed by atoms with E-state index in [1.807, 2.05) is 6.92 Å². The number of aromatic nitrogens is 2. The highest BCUT2D eigenvalue weighted by Gasteiger charge is 2.27. The predicted molar refractivity (Wildman–Crippen MR) is 74.3 cm³/mol. The van der Waals surface area contributed by atoms with Crippen LogP contribution in [0.3, 0.4) is 0 Å². The molecule has 0 aliphatic rings. The quantitative estimate of drug-likeness (QED) is 0.908. The topological polar surface area (TPSA) is 58.3 Å². The third kappa shape index (κ3) is 2.74. The molecule has 0 radical (unpaired) electrons. The van der Waals surface area contributed by atoms with Crippen molar-refractivity contribution in [2.75, 3.05) is 0 Å². The van der Waals surface area contributed by atoms with E-state index in [0.29, 0.717) is 11.6 Å². The lowest BCUT2D eigenvalue weighted by Crippen LogP contribution is -2.24. The van der Waals surface area contributed by atoms with Gasteiger partial charge < -0.3 is 10.2 Å². The van der Waals surface area contributed by atoms with Gasteiger partial charge in [-0.05, 0) is 31.5 Å². The second-order valence-electron chi connectivity index (χ2n) is 4.98. The molecule has 0 fully saturated rings. The number of aryl methyl sites for hydroxylation is 2. The molecule has 4 nitrogen and oxygen atoms in total. The highest BCUT2D eigenvalue weighted by atomic mass is 35.5. The molecule has 1 heterocycles. The minimum Gasteiger partial charge on any atom is -0.508 e. The fraction of sp³-hybridized carbons (Fsp3) is 0.357. The van der Waals surface area contributed by atoms with E-state index >= 15 is 0 Å². The van der Waals surface area contributed by atoms with Gasteiger partial charge in [-0.15, -0.1) is 0 Å². The molecule has 0 amide bonds. The normalized spacial score (nSPS) is 14.4. The van der Waals surface area contributed by atoms with Crippen molar-refractivity contribution in [3.63, 3.8) is 0 Å². The van der Waals surface area contributed by atoms with Crippen LogP contribution in [0.25, 0.3) is 0 Å². The first-order valence-corrected chi connectivity index (χ1v) is 6.39. The summed E-state index contributed by atoms with van der Waals surface area (Å²) >= 11 is 6.18. The molecule has 5 heteroatoms. The van der Waals surface area contributed by atoms with Crippen molar-refractivity contribution in [1.29, 1.82) is 0 Å². The molecule has 0 bridgehead atoms. The molecular formula is C14H17ClN2O2. The minimum atomic E-state index is -1.06. The van der Waals surface area contributed by atoms with Gasteiger partial charge in [-0.2, -0.15) is 5.10 Å². The monoisotopic (exact) mass is 280 g/mol. The van der Waals surface area contributed by atoms with Gasteiger partial charge >= 0.3 is 0 Å². The summed E-state index contributed by atoms with van der Waals surface area (Å²) in [6, 6.07) is 6.52. The van der Waals surface area contributed by atoms with E-state index in [9.17, 15) is 10.2 Å². The van der Waals surface area contributed by atoms with Crippen molar-refractivity contribution in [2.24, 2.45) is 7.05 Å². The second kappa shape index (κ2) is 4.87. The van der Waals surface area contributed by atoms with E-state index in [4.69, 9.17) is 11.6 Å². The number of phenolic OH excluding ortho intramolecular Hbond substituents is 1. The highest BCUT2D eigenvalue weighted by Crippen LogP contribution is 2.30. The van der Waals surface area contributed by atoms with E-state index in [-0.39, 0.29) is 5.75 Å². The number of rotatable bonds is 3. The Morgan fingerprint density at radius 3 is 2.37 bits per heavy atom. The number of hydrogen-bond donors (Lipinski definition) is 2. The predicted octanol–water partition coefficient (Wildman–Crippen LogP) is 2.54. The summed E-state index contributed by atoms with van der Waals surface area (Å²) in [4.78, 5) is 0. The number of aliphatic hydroxyl groups is 1. The summed E-state index contributed by atoms with van der Waals surface area (Å²) in [6.45, 7) is 3.59. The molecule has 1 atom stereocenters. The maximum absolute atomic E-state index is 10.6. The third-order valence-corrected chi connectivity index (χ3v) is 3.75. The van der Waals surface area contributed by atoms with E-state index in [1.165, 1.54) is 0 Å². The minimum absolute atomic E-state index is 0.176. The average Bonchev–Trinajstić information content (AvgIpc) is 2.56. The molecule has 19 heavy (non-hydrogen) atoms. The van der Waals surface area contributed by atoms with Gasteiger partial charge in [0.25, 0.3) is 0 Å². The zero-order valence-corrected chi connectivity index (χ0v) is 11.9. The highest BCUT2D eigenvalue weighted by molar-refractivity contribution is 6.30. The van der Waals surface area contributed by atoms with Crippen LogP contribution in [0.4, 0.5) is 0 Å². The van der Waals surface area contributed by atoms with E-state index < -0.39 is 5.60 Å². The molecular weight excluding hydrogens is 264 g/mol. The van der Waals surface area contributed by atoms with Crippen LogP contribution >= 0.6 is 11.6 Å². The summed E-state index contributed by atoms with van der Waals surface area (Å²) in [5.74, 6) is 0.176. The average molecular weight is 281 g/mol. The number of benzene rings is 1. The Morgan fingerprint density at radius 1 is 1.32 bits per heavy atom. The SMILES string of the molecule is Cc1nn(C)c(Cl)c1CC(C)(O)c1ccc(O)cc1. The number of phenols is 1. The molecule has 1 aromatic carbocycles. The molecule has 102 valence electrons. The Hall–Kier alpha value is -1.52. The smallest absolute Gasteiger partial charge is 0.130 e. The Morgan fingerprint density at radius 2 is 1.89 bits per heavy atom. The van der Waals surface area contributed by atoms with E-state index in [1.54, 1.807) is 42.9 Å². The van der Waals surface area contributed by atoms with Crippen molar-refractivity contribution in [3.05, 3.63) is 46.2 Å². The number of aromatic hydroxyl groups is 1. The summed E-state index contributed by atoms with van der Waals surface area (Å²) in [5.41, 5.74) is 1.31. The van der Waals surface area contributed by atoms with Crippen molar-refractivity contribution in [3.8, 4) is 5.75 Å². The summed E-state index contributed by atoms with van der Waals surface area (Å²) in [7, 11) is 1.77. The Bertz CT molecular complexity index is 588. The standard InChI is InChI=1S/C14H17ClN2O2/c1-9-12(13(15)17(3)16-9)8-14(2,19)10-4-6-11(18)7-5-10/h4-7,18-19H,8H2,1-3H3. The van der Waals surface area contributed by atoms with Crippen LogP contribution in [0.1, 0.15) is 23.7 Å². The summed E-state index contributed by atoms with van der Waals surface area (Å²) in [5, 5.41) is 24.7. The van der Waals surface area contributed by atoms with Crippen LogP contribution < -0.4 is 0 Å². The number of hydrogen-bond acceptors (Lipinski definition) is 3. The van der Waals surface area contributed by atoms with Crippen LogP contribution in [0.5, 0.6) is 5.75 Å². The third-order valence-electron chi connectivity index (χ3n) is 3.28. The van der Waals surface area contributed by atoms with E-state index in [0.717, 1.165) is 16.8 Å². The molecule has 0 aliphatic carbocycles. The molecule has 0 saturated carbocycles. The lowest BCUT2D eigenvalue weighted by molar-refractivity contribution is 0.0574. The van der Waals surface area contributed by atoms with Crippen LogP contribution in [0.2, 0.25) is 5.15 Å². The van der Waals surface area contributed by atoms with Crippen molar-refractivity contribution in [2.45, 2.75) is 25.9 Å². The number of halogens is 1. The van der Waals surface area contributed by atoms with Crippen molar-refractivity contribution >= 4 is 11.6 Å². The van der Waals surface area contributed by atoms with Gasteiger partial charge in [0.05, 0.1) is 11.3 Å². The largest absolute Gasteiger partial charge is 0.508 e. The maximum atomic E-state index is 10.6. The van der Waals surface area contributed by atoms with Gasteiger partial charge in [-0.1, -0.05) is 23.7 Å². The van der Waals surface area contributed by atoms with E-state index in [2.05, 4.69) is 5.10 Å². The van der Waals surface area contributed by atoms with Crippen molar-refractivity contribution in [1.82, 2.24) is 9.78 Å². The van der Waals surface area contributed by atoms with Crippen LogP contribution in [0, 0.1) is 6.92 Å². The lowest BCUT2D eigenvalue weighted by Gasteiger charge is -2.24. The van der Waals surface area contributed by atoms with Crippen LogP contribution in [-0.2, 0) is 19.1 Å². The summed E-state index contributed by atoms with van der Waals surface area (Å²) < 4.78 is 1.60. The molecule has 0 saturated heterocycles. The first kappa shape index (κ1) is 13.9. The first-order valence-electron chi connectivity index (χ1n) is 6.01. The summed E-state index contributed by atoms with van der Waals surface area (Å²) in [6.07, 6.45) is 0.371. The van der Waals surface area contributed by atoms with Crippen LogP contribution in [-0.4, -0.2) is 20.0 Å². The molecule has 1 unspecified atom stereocenters. The zero-order chi connectivity index (χ0) is 14.2. The Balaban J connectivity index is 2.33. The van der Waals surface area contributed by atoms with Gasteiger partial charge in [-0.25, -0.2) is 0 Å². The lowest BCUT2D eigenvalue weighted by atomic mass is 9.89. The Kier molecular flexibility index (Phi) is 3.56. The van der Waals surface area contributed by atoms with Gasteiger partial charge in [0, 0.05) is 19.0 Å². The fourth-order valence-corrected chi connectivity index (χ4v) is 2.38. The molecule has 0 spiro atoms. The van der Waals surface area contributed by atoms with Gasteiger partial charge in [0.15, 0.2) is 0 Å². The van der Waals surface area contributed by atoms with Crippen molar-refractivity contribution < 1.29 is 10.2 Å². The second-order valence-corrected chi connectivity index (χ2v) is 5.33. The van der Waals surface area contributed by atoms with Crippen LogP contribution in [0.15, 0.2) is 24.3 Å².